The molecular weight excluding hydrogens is 240 g/mol. The van der Waals surface area contributed by atoms with Gasteiger partial charge in [-0.1, -0.05) is 27.7 Å². The number of hydrogen-bond donors (Lipinski definition) is 0. The molecule has 1 saturated heterocycles. The van der Waals surface area contributed by atoms with Crippen molar-refractivity contribution in [3.05, 3.63) is 0 Å². The second kappa shape index (κ2) is 6.74. The molecule has 0 aromatic rings. The van der Waals surface area contributed by atoms with Gasteiger partial charge in [0.2, 0.25) is 0 Å². The van der Waals surface area contributed by atoms with Crippen LogP contribution in [0.3, 0.4) is 0 Å². The van der Waals surface area contributed by atoms with Gasteiger partial charge in [-0.15, -0.1) is 0 Å². The van der Waals surface area contributed by atoms with Crippen LogP contribution in [0.25, 0.3) is 0 Å². The van der Waals surface area contributed by atoms with Crippen LogP contribution in [0.4, 0.5) is 0 Å². The van der Waals surface area contributed by atoms with Crippen LogP contribution in [0.1, 0.15) is 67.2 Å². The molecule has 1 heterocycles. The van der Waals surface area contributed by atoms with E-state index in [4.69, 9.17) is 9.47 Å². The minimum Gasteiger partial charge on any atom is -0.462 e. The summed E-state index contributed by atoms with van der Waals surface area (Å²) in [5, 5.41) is 0. The number of hydrogen-bond acceptors (Lipinski definition) is 3. The smallest absolute Gasteiger partial charge is 0.306 e. The van der Waals surface area contributed by atoms with Gasteiger partial charge in [-0.3, -0.25) is 4.79 Å². The molecule has 1 unspecified atom stereocenters. The minimum atomic E-state index is -0.0518. The molecule has 3 atom stereocenters. The van der Waals surface area contributed by atoms with Crippen LogP contribution in [-0.4, -0.2) is 23.8 Å². The third kappa shape index (κ3) is 5.52. The van der Waals surface area contributed by atoms with Crippen molar-refractivity contribution in [1.29, 1.82) is 0 Å². The highest BCUT2D eigenvalue weighted by Gasteiger charge is 2.46. The predicted octanol–water partition coefficient (Wildman–Crippen LogP) is 3.95. The first-order valence-electron chi connectivity index (χ1n) is 7.63. The third-order valence-electron chi connectivity index (χ3n) is 4.03. The van der Waals surface area contributed by atoms with Crippen LogP contribution in [0, 0.1) is 11.8 Å². The van der Waals surface area contributed by atoms with E-state index in [2.05, 4.69) is 41.5 Å². The molecule has 0 spiro atoms. The first-order chi connectivity index (χ1) is 8.76. The molecule has 1 rings (SSSR count). The molecule has 1 fully saturated rings. The number of epoxide rings is 1. The monoisotopic (exact) mass is 270 g/mol. The summed E-state index contributed by atoms with van der Waals surface area (Å²) < 4.78 is 11.1. The second-order valence-corrected chi connectivity index (χ2v) is 6.78. The van der Waals surface area contributed by atoms with Gasteiger partial charge >= 0.3 is 5.97 Å². The number of carbonyl (C=O) groups is 1. The highest BCUT2D eigenvalue weighted by Crippen LogP contribution is 2.39. The average molecular weight is 270 g/mol. The molecule has 1 aliphatic heterocycles. The van der Waals surface area contributed by atoms with Crippen LogP contribution < -0.4 is 0 Å². The van der Waals surface area contributed by atoms with Crippen LogP contribution in [-0.2, 0) is 14.3 Å². The lowest BCUT2D eigenvalue weighted by atomic mass is 9.97. The zero-order valence-corrected chi connectivity index (χ0v) is 13.4. The van der Waals surface area contributed by atoms with Crippen molar-refractivity contribution in [2.75, 3.05) is 0 Å². The van der Waals surface area contributed by atoms with Gasteiger partial charge in [0.15, 0.2) is 0 Å². The van der Waals surface area contributed by atoms with Crippen LogP contribution in [0.2, 0.25) is 0 Å². The summed E-state index contributed by atoms with van der Waals surface area (Å²) in [5.41, 5.74) is 0.0607. The number of esters is 1. The fourth-order valence-electron chi connectivity index (χ4n) is 2.47. The molecule has 0 aromatic carbocycles. The van der Waals surface area contributed by atoms with E-state index >= 15 is 0 Å². The molecule has 0 saturated carbocycles. The maximum absolute atomic E-state index is 11.9. The molecule has 0 aromatic heterocycles. The van der Waals surface area contributed by atoms with Crippen molar-refractivity contribution in [2.45, 2.75) is 85.0 Å². The molecule has 1 aliphatic rings. The topological polar surface area (TPSA) is 38.8 Å². The molecule has 3 nitrogen and oxygen atoms in total. The highest BCUT2D eigenvalue weighted by atomic mass is 16.6. The minimum absolute atomic E-state index is 0.0518. The van der Waals surface area contributed by atoms with Gasteiger partial charge in [-0.2, -0.15) is 0 Å². The standard InChI is InChI=1S/C16H30O3/c1-7-13(11(2)3)18-15(17)10-12(4)8-9-14-16(5,6)19-14/h11-14H,7-10H2,1-6H3/t12-,13+,14?/m1/s1. The van der Waals surface area contributed by atoms with Crippen LogP contribution in [0.15, 0.2) is 0 Å². The summed E-state index contributed by atoms with van der Waals surface area (Å²) in [5.74, 6) is 0.714. The quantitative estimate of drug-likeness (QED) is 0.495. The van der Waals surface area contributed by atoms with Crippen molar-refractivity contribution in [3.8, 4) is 0 Å². The Kier molecular flexibility index (Phi) is 5.84. The summed E-state index contributed by atoms with van der Waals surface area (Å²) in [7, 11) is 0. The van der Waals surface area contributed by atoms with E-state index < -0.39 is 0 Å². The van der Waals surface area contributed by atoms with Crippen molar-refractivity contribution in [2.24, 2.45) is 11.8 Å². The maximum atomic E-state index is 11.9. The van der Waals surface area contributed by atoms with Crippen LogP contribution >= 0.6 is 0 Å². The molecule has 0 bridgehead atoms. The SMILES string of the molecule is CC[C@H](OC(=O)C[C@H](C)CCC1OC1(C)C)C(C)C. The summed E-state index contributed by atoms with van der Waals surface area (Å²) >= 11 is 0. The first-order valence-corrected chi connectivity index (χ1v) is 7.63. The Morgan fingerprint density at radius 1 is 1.32 bits per heavy atom. The number of ether oxygens (including phenoxy) is 2. The lowest BCUT2D eigenvalue weighted by Gasteiger charge is -2.20. The van der Waals surface area contributed by atoms with Crippen molar-refractivity contribution in [3.63, 3.8) is 0 Å². The number of carbonyl (C=O) groups excluding carboxylic acids is 1. The average Bonchev–Trinajstić information content (AvgIpc) is 2.91. The molecule has 0 amide bonds. The lowest BCUT2D eigenvalue weighted by molar-refractivity contribution is -0.152. The summed E-state index contributed by atoms with van der Waals surface area (Å²) in [4.78, 5) is 11.9. The van der Waals surface area contributed by atoms with Gasteiger partial charge in [0.1, 0.15) is 6.10 Å². The molecule has 112 valence electrons. The van der Waals surface area contributed by atoms with E-state index in [1.807, 2.05) is 0 Å². The summed E-state index contributed by atoms with van der Waals surface area (Å²) in [6.07, 6.45) is 3.93. The van der Waals surface area contributed by atoms with Gasteiger partial charge in [0.25, 0.3) is 0 Å². The fraction of sp³-hybridized carbons (Fsp3) is 0.938. The van der Waals surface area contributed by atoms with Gasteiger partial charge in [-0.25, -0.2) is 0 Å². The van der Waals surface area contributed by atoms with E-state index in [0.717, 1.165) is 19.3 Å². The normalized spacial score (nSPS) is 24.1. The zero-order chi connectivity index (χ0) is 14.6. The Hall–Kier alpha value is -0.570. The molecule has 0 aliphatic carbocycles. The second-order valence-electron chi connectivity index (χ2n) is 6.78. The fourth-order valence-corrected chi connectivity index (χ4v) is 2.47. The van der Waals surface area contributed by atoms with E-state index in [-0.39, 0.29) is 17.7 Å². The Bertz CT molecular complexity index is 296. The van der Waals surface area contributed by atoms with Crippen molar-refractivity contribution >= 4 is 5.97 Å². The molecule has 0 radical (unpaired) electrons. The molecule has 0 N–H and O–H groups in total. The largest absolute Gasteiger partial charge is 0.462 e. The maximum Gasteiger partial charge on any atom is 0.306 e. The number of rotatable bonds is 8. The lowest BCUT2D eigenvalue weighted by Crippen LogP contribution is -2.23. The highest BCUT2D eigenvalue weighted by molar-refractivity contribution is 5.69. The molecule has 3 heteroatoms. The van der Waals surface area contributed by atoms with Gasteiger partial charge in [0.05, 0.1) is 11.7 Å². The van der Waals surface area contributed by atoms with Gasteiger partial charge in [0, 0.05) is 6.42 Å². The Balaban J connectivity index is 2.20. The van der Waals surface area contributed by atoms with E-state index in [0.29, 0.717) is 24.4 Å². The van der Waals surface area contributed by atoms with E-state index in [9.17, 15) is 4.79 Å². The zero-order valence-electron chi connectivity index (χ0n) is 13.4. The van der Waals surface area contributed by atoms with Gasteiger partial charge in [-0.05, 0) is 44.9 Å². The Labute approximate surface area is 118 Å². The molecular formula is C16H30O3. The van der Waals surface area contributed by atoms with E-state index in [1.54, 1.807) is 0 Å². The third-order valence-corrected chi connectivity index (χ3v) is 4.03. The van der Waals surface area contributed by atoms with Crippen molar-refractivity contribution < 1.29 is 14.3 Å². The Morgan fingerprint density at radius 3 is 2.32 bits per heavy atom. The Morgan fingerprint density at radius 2 is 1.89 bits per heavy atom. The van der Waals surface area contributed by atoms with E-state index in [1.165, 1.54) is 0 Å². The van der Waals surface area contributed by atoms with Crippen LogP contribution in [0.5, 0.6) is 0 Å². The van der Waals surface area contributed by atoms with Gasteiger partial charge < -0.3 is 9.47 Å². The first kappa shape index (κ1) is 16.5. The molecule has 19 heavy (non-hydrogen) atoms. The van der Waals surface area contributed by atoms with Crippen molar-refractivity contribution in [1.82, 2.24) is 0 Å². The summed E-state index contributed by atoms with van der Waals surface area (Å²) in [6.45, 7) is 12.6. The summed E-state index contributed by atoms with van der Waals surface area (Å²) in [6, 6.07) is 0. The predicted molar refractivity (Wildman–Crippen MR) is 77.0 cm³/mol.